The molecule has 0 aliphatic heterocycles. The topological polar surface area (TPSA) is 211 Å². The summed E-state index contributed by atoms with van der Waals surface area (Å²) in [5.74, 6) is -0.452. The molecule has 1 aromatic heterocycles. The van der Waals surface area contributed by atoms with E-state index in [-0.39, 0.29) is 22.3 Å². The van der Waals surface area contributed by atoms with E-state index in [9.17, 15) is 35.9 Å². The van der Waals surface area contributed by atoms with Gasteiger partial charge >= 0.3 is 4.87 Å². The van der Waals surface area contributed by atoms with Crippen LogP contribution in [-0.2, 0) is 37.9 Å². The van der Waals surface area contributed by atoms with Gasteiger partial charge in [0.25, 0.3) is 20.2 Å². The van der Waals surface area contributed by atoms with Gasteiger partial charge in [0.2, 0.25) is 5.91 Å². The molecule has 1 fully saturated rings. The Kier molecular flexibility index (Phi) is 16.4. The highest BCUT2D eigenvalue weighted by Crippen LogP contribution is 2.29. The van der Waals surface area contributed by atoms with E-state index in [1.54, 1.807) is 18.2 Å². The minimum atomic E-state index is -3.67. The van der Waals surface area contributed by atoms with Crippen LogP contribution in [0.2, 0.25) is 0 Å². The molecular formula is C30H45FN4O9S3. The number of amides is 1. The van der Waals surface area contributed by atoms with Crippen LogP contribution in [0.5, 0.6) is 5.75 Å². The predicted molar refractivity (Wildman–Crippen MR) is 182 cm³/mol. The summed E-state index contributed by atoms with van der Waals surface area (Å²) in [5.41, 5.74) is 7.97. The standard InChI is InChI=1S/C28H37FN4O3S.2CH4O3S/c29-22-6-4-5-20(19-22)11-14-32(15-13-25(30)35)17-18-33(23-7-2-1-3-8-23)16-12-21-9-10-24(34)26-27(21)37-28(36)31-26;2*1-5(2,3)4/h4-6,9-10,19,23,34H,1-3,7-8,11-18H2,(H2,30,35)(H,31,36);2*1H3,(H,2,3,4). The molecule has 264 valence electrons. The first-order valence-corrected chi connectivity index (χ1v) is 19.6. The maximum Gasteiger partial charge on any atom is 0.305 e. The van der Waals surface area contributed by atoms with Gasteiger partial charge < -0.3 is 20.7 Å². The van der Waals surface area contributed by atoms with Crippen LogP contribution in [0.25, 0.3) is 10.2 Å². The number of rotatable bonds is 13. The lowest BCUT2D eigenvalue weighted by Crippen LogP contribution is -2.44. The number of carbonyl (C=O) groups is 1. The number of nitrogens with zero attached hydrogens (tertiary/aromatic N) is 2. The van der Waals surface area contributed by atoms with Crippen LogP contribution in [0.1, 0.15) is 49.7 Å². The van der Waals surface area contributed by atoms with Crippen LogP contribution in [0.3, 0.4) is 0 Å². The Morgan fingerprint density at radius 2 is 1.60 bits per heavy atom. The van der Waals surface area contributed by atoms with E-state index in [1.807, 2.05) is 12.1 Å². The number of phenolic OH excluding ortho intramolecular Hbond substituents is 1. The summed E-state index contributed by atoms with van der Waals surface area (Å²) in [6.07, 6.45) is 9.30. The first kappa shape index (κ1) is 40.2. The number of nitrogens with two attached hydrogens (primary N) is 1. The normalized spacial score (nSPS) is 14.0. The van der Waals surface area contributed by atoms with Crippen molar-refractivity contribution in [2.45, 2.75) is 57.4 Å². The number of nitrogens with one attached hydrogen (secondary N) is 1. The lowest BCUT2D eigenvalue weighted by atomic mass is 9.93. The van der Waals surface area contributed by atoms with Crippen LogP contribution >= 0.6 is 11.3 Å². The molecule has 2 aromatic carbocycles. The number of thiazole rings is 1. The van der Waals surface area contributed by atoms with Crippen molar-refractivity contribution in [1.29, 1.82) is 0 Å². The molecule has 3 aromatic rings. The number of halogens is 1. The molecule has 1 aliphatic carbocycles. The Morgan fingerprint density at radius 3 is 2.19 bits per heavy atom. The summed E-state index contributed by atoms with van der Waals surface area (Å²) in [6.45, 7) is 3.81. The summed E-state index contributed by atoms with van der Waals surface area (Å²) in [7, 11) is -7.33. The minimum Gasteiger partial charge on any atom is -0.506 e. The summed E-state index contributed by atoms with van der Waals surface area (Å²) in [4.78, 5) is 30.8. The predicted octanol–water partition coefficient (Wildman–Crippen LogP) is 3.04. The fourth-order valence-corrected chi connectivity index (χ4v) is 6.21. The Hall–Kier alpha value is -2.93. The highest BCUT2D eigenvalue weighted by molar-refractivity contribution is 7.85. The Balaban J connectivity index is 0.000000670. The average Bonchev–Trinajstić information content (AvgIpc) is 3.36. The second-order valence-corrected chi connectivity index (χ2v) is 15.4. The van der Waals surface area contributed by atoms with Gasteiger partial charge in [0.1, 0.15) is 17.1 Å². The zero-order valence-corrected chi connectivity index (χ0v) is 29.0. The number of aromatic amines is 1. The third kappa shape index (κ3) is 17.7. The largest absolute Gasteiger partial charge is 0.506 e. The second-order valence-electron chi connectivity index (χ2n) is 11.4. The van der Waals surface area contributed by atoms with Gasteiger partial charge in [-0.05, 0) is 55.0 Å². The highest BCUT2D eigenvalue weighted by Gasteiger charge is 2.22. The van der Waals surface area contributed by atoms with Gasteiger partial charge in [0.15, 0.2) is 0 Å². The van der Waals surface area contributed by atoms with Gasteiger partial charge in [-0.15, -0.1) is 0 Å². The van der Waals surface area contributed by atoms with E-state index in [4.69, 9.17) is 14.8 Å². The van der Waals surface area contributed by atoms with Gasteiger partial charge in [0, 0.05) is 45.2 Å². The van der Waals surface area contributed by atoms with Crippen LogP contribution in [0, 0.1) is 5.82 Å². The van der Waals surface area contributed by atoms with E-state index in [0.717, 1.165) is 59.8 Å². The molecule has 1 aliphatic rings. The Bertz CT molecular complexity index is 1660. The van der Waals surface area contributed by atoms with Gasteiger partial charge in [-0.1, -0.05) is 48.8 Å². The molecule has 4 rings (SSSR count). The number of hydrogen-bond acceptors (Lipinski definition) is 10. The summed E-state index contributed by atoms with van der Waals surface area (Å²) < 4.78 is 66.2. The molecule has 0 spiro atoms. The number of phenols is 1. The molecule has 0 saturated heterocycles. The highest BCUT2D eigenvalue weighted by atomic mass is 32.2. The van der Waals surface area contributed by atoms with E-state index in [0.29, 0.717) is 43.5 Å². The van der Waals surface area contributed by atoms with Crippen molar-refractivity contribution < 1.29 is 40.2 Å². The Morgan fingerprint density at radius 1 is 0.957 bits per heavy atom. The number of aromatic hydroxyl groups is 1. The number of H-pyrrole nitrogens is 1. The van der Waals surface area contributed by atoms with Crippen molar-refractivity contribution in [3.63, 3.8) is 0 Å². The first-order chi connectivity index (χ1) is 21.9. The SMILES string of the molecule is CS(=O)(=O)O.CS(=O)(=O)O.NC(=O)CCN(CCc1cccc(F)c1)CCN(CCc1ccc(O)c2[nH]c(=O)sc12)C1CCCCC1. The van der Waals surface area contributed by atoms with Gasteiger partial charge in [-0.3, -0.25) is 23.6 Å². The number of fused-ring (bicyclic) bond motifs is 1. The first-order valence-electron chi connectivity index (χ1n) is 15.1. The molecule has 0 radical (unpaired) electrons. The zero-order chi connectivity index (χ0) is 35.2. The lowest BCUT2D eigenvalue weighted by molar-refractivity contribution is -0.118. The lowest BCUT2D eigenvalue weighted by Gasteiger charge is -2.36. The van der Waals surface area contributed by atoms with Gasteiger partial charge in [-0.2, -0.15) is 16.8 Å². The number of hydrogen-bond donors (Lipinski definition) is 5. The van der Waals surface area contributed by atoms with Crippen molar-refractivity contribution in [2.75, 3.05) is 45.2 Å². The molecule has 1 heterocycles. The van der Waals surface area contributed by atoms with Crippen LogP contribution in [-0.4, -0.2) is 103 Å². The van der Waals surface area contributed by atoms with Gasteiger partial charge in [0.05, 0.1) is 17.2 Å². The van der Waals surface area contributed by atoms with Gasteiger partial charge in [-0.25, -0.2) is 4.39 Å². The van der Waals surface area contributed by atoms with Crippen molar-refractivity contribution in [1.82, 2.24) is 14.8 Å². The van der Waals surface area contributed by atoms with Crippen molar-refractivity contribution >= 4 is 47.7 Å². The molecule has 1 saturated carbocycles. The van der Waals surface area contributed by atoms with E-state index < -0.39 is 20.2 Å². The van der Waals surface area contributed by atoms with Crippen LogP contribution in [0.4, 0.5) is 4.39 Å². The quantitative estimate of drug-likeness (QED) is 0.162. The van der Waals surface area contributed by atoms with E-state index in [2.05, 4.69) is 14.8 Å². The number of primary amides is 1. The van der Waals surface area contributed by atoms with Crippen LogP contribution in [0.15, 0.2) is 41.2 Å². The van der Waals surface area contributed by atoms with Crippen molar-refractivity contribution in [2.24, 2.45) is 5.73 Å². The molecule has 6 N–H and O–H groups in total. The third-order valence-electron chi connectivity index (χ3n) is 7.38. The smallest absolute Gasteiger partial charge is 0.305 e. The fraction of sp³-hybridized carbons (Fsp3) is 0.533. The third-order valence-corrected chi connectivity index (χ3v) is 8.34. The molecule has 17 heteroatoms. The van der Waals surface area contributed by atoms with E-state index in [1.165, 1.54) is 38.2 Å². The monoisotopic (exact) mass is 720 g/mol. The van der Waals surface area contributed by atoms with Crippen molar-refractivity contribution in [3.05, 3.63) is 63.0 Å². The maximum atomic E-state index is 13.6. The molecular weight excluding hydrogens is 676 g/mol. The molecule has 13 nitrogen and oxygen atoms in total. The number of carbonyl (C=O) groups excluding carboxylic acids is 1. The average molecular weight is 721 g/mol. The zero-order valence-electron chi connectivity index (χ0n) is 26.6. The Labute approximate surface area is 279 Å². The minimum absolute atomic E-state index is 0.102. The molecule has 0 bridgehead atoms. The molecule has 1 amide bonds. The number of benzene rings is 2. The fourth-order valence-electron chi connectivity index (χ4n) is 5.31. The summed E-state index contributed by atoms with van der Waals surface area (Å²) >= 11 is 1.14. The van der Waals surface area contributed by atoms with Crippen molar-refractivity contribution in [3.8, 4) is 5.75 Å². The second kappa shape index (κ2) is 19.2. The van der Waals surface area contributed by atoms with E-state index >= 15 is 0 Å². The molecule has 0 unspecified atom stereocenters. The summed E-state index contributed by atoms with van der Waals surface area (Å²) in [5, 5.41) is 10.1. The number of aromatic nitrogens is 1. The summed E-state index contributed by atoms with van der Waals surface area (Å²) in [6, 6.07) is 10.7. The molecule has 0 atom stereocenters. The molecule has 47 heavy (non-hydrogen) atoms. The maximum absolute atomic E-state index is 13.6. The van der Waals surface area contributed by atoms with Crippen LogP contribution < -0.4 is 10.6 Å².